The van der Waals surface area contributed by atoms with Crippen LogP contribution in [0, 0.1) is 0 Å². The third-order valence-electron chi connectivity index (χ3n) is 3.57. The Bertz CT molecular complexity index is 150. The van der Waals surface area contributed by atoms with Crippen LogP contribution in [0.1, 0.15) is 20.8 Å². The zero-order chi connectivity index (χ0) is 9.41. The third-order valence-corrected chi connectivity index (χ3v) is 3.57. The van der Waals surface area contributed by atoms with E-state index < -0.39 is 0 Å². The molecule has 0 aromatic carbocycles. The van der Waals surface area contributed by atoms with Crippen LogP contribution < -0.4 is 0 Å². The van der Waals surface area contributed by atoms with Crippen molar-refractivity contribution in [1.29, 1.82) is 0 Å². The van der Waals surface area contributed by atoms with Gasteiger partial charge < -0.3 is 4.48 Å². The second-order valence-corrected chi connectivity index (χ2v) is 5.32. The minimum atomic E-state index is 0.404. The van der Waals surface area contributed by atoms with E-state index in [1.54, 1.807) is 0 Å². The highest BCUT2D eigenvalue weighted by molar-refractivity contribution is 4.68. The van der Waals surface area contributed by atoms with Crippen molar-refractivity contribution in [1.82, 2.24) is 4.90 Å². The zero-order valence-electron chi connectivity index (χ0n) is 9.22. The number of hydrogen-bond donors (Lipinski definition) is 0. The Morgan fingerprint density at radius 2 is 1.50 bits per heavy atom. The summed E-state index contributed by atoms with van der Waals surface area (Å²) >= 11 is 0. The van der Waals surface area contributed by atoms with E-state index in [1.807, 2.05) is 0 Å². The number of likely N-dealkylation sites (N-methyl/N-ethyl adjacent to an activating group) is 2. The SMILES string of the molecule is CN1CC[N+](C)(C(C)(C)C)CC1. The summed E-state index contributed by atoms with van der Waals surface area (Å²) in [7, 11) is 4.60. The van der Waals surface area contributed by atoms with Crippen molar-refractivity contribution < 1.29 is 4.48 Å². The first-order valence-corrected chi connectivity index (χ1v) is 4.88. The van der Waals surface area contributed by atoms with E-state index in [2.05, 4.69) is 39.8 Å². The average Bonchev–Trinajstić information content (AvgIpc) is 1.93. The highest BCUT2D eigenvalue weighted by atomic mass is 15.4. The molecule has 0 saturated carbocycles. The summed E-state index contributed by atoms with van der Waals surface area (Å²) in [5.41, 5.74) is 0.404. The van der Waals surface area contributed by atoms with Crippen molar-refractivity contribution in [2.75, 3.05) is 40.3 Å². The van der Waals surface area contributed by atoms with Crippen LogP contribution in [0.3, 0.4) is 0 Å². The fourth-order valence-electron chi connectivity index (χ4n) is 1.68. The summed E-state index contributed by atoms with van der Waals surface area (Å²) in [5.74, 6) is 0. The van der Waals surface area contributed by atoms with Crippen LogP contribution in [-0.4, -0.2) is 55.2 Å². The summed E-state index contributed by atoms with van der Waals surface area (Å²) in [4.78, 5) is 2.42. The first-order valence-electron chi connectivity index (χ1n) is 4.88. The van der Waals surface area contributed by atoms with Gasteiger partial charge in [0.15, 0.2) is 0 Å². The molecule has 0 radical (unpaired) electrons. The largest absolute Gasteiger partial charge is 0.320 e. The van der Waals surface area contributed by atoms with Crippen molar-refractivity contribution in [2.24, 2.45) is 0 Å². The van der Waals surface area contributed by atoms with Crippen LogP contribution in [0.4, 0.5) is 0 Å². The Labute approximate surface area is 76.7 Å². The second-order valence-electron chi connectivity index (χ2n) is 5.32. The van der Waals surface area contributed by atoms with Crippen molar-refractivity contribution in [3.63, 3.8) is 0 Å². The Kier molecular flexibility index (Phi) is 2.50. The molecule has 0 spiro atoms. The summed E-state index contributed by atoms with van der Waals surface area (Å²) in [6.45, 7) is 12.1. The maximum Gasteiger partial charge on any atom is 0.0918 e. The van der Waals surface area contributed by atoms with Gasteiger partial charge in [-0.1, -0.05) is 0 Å². The molecule has 1 rings (SSSR count). The van der Waals surface area contributed by atoms with Crippen LogP contribution >= 0.6 is 0 Å². The maximum atomic E-state index is 2.42. The van der Waals surface area contributed by atoms with Crippen molar-refractivity contribution in [3.8, 4) is 0 Å². The molecule has 0 bridgehead atoms. The van der Waals surface area contributed by atoms with Crippen LogP contribution in [-0.2, 0) is 0 Å². The van der Waals surface area contributed by atoms with Crippen LogP contribution in [0.2, 0.25) is 0 Å². The van der Waals surface area contributed by atoms with E-state index in [0.717, 1.165) is 0 Å². The van der Waals surface area contributed by atoms with E-state index in [9.17, 15) is 0 Å². The molecule has 2 heteroatoms. The smallest absolute Gasteiger partial charge is 0.0918 e. The molecule has 0 aliphatic carbocycles. The van der Waals surface area contributed by atoms with Crippen LogP contribution in [0.15, 0.2) is 0 Å². The highest BCUT2D eigenvalue weighted by Crippen LogP contribution is 2.23. The van der Waals surface area contributed by atoms with Gasteiger partial charge in [-0.15, -0.1) is 0 Å². The first-order chi connectivity index (χ1) is 5.35. The van der Waals surface area contributed by atoms with E-state index in [1.165, 1.54) is 30.7 Å². The predicted octanol–water partition coefficient (Wildman–Crippen LogP) is 1.18. The number of nitrogens with zero attached hydrogens (tertiary/aromatic N) is 2. The summed E-state index contributed by atoms with van der Waals surface area (Å²) in [6.07, 6.45) is 0. The van der Waals surface area contributed by atoms with E-state index in [0.29, 0.717) is 5.54 Å². The average molecular weight is 171 g/mol. The Morgan fingerprint density at radius 3 is 1.83 bits per heavy atom. The number of piperazine rings is 1. The molecule has 72 valence electrons. The molecule has 0 aromatic rings. The maximum absolute atomic E-state index is 2.42. The fourth-order valence-corrected chi connectivity index (χ4v) is 1.68. The Hall–Kier alpha value is -0.0800. The molecule has 1 aliphatic rings. The van der Waals surface area contributed by atoms with E-state index in [4.69, 9.17) is 0 Å². The lowest BCUT2D eigenvalue weighted by Crippen LogP contribution is -2.64. The Balaban J connectivity index is 2.62. The summed E-state index contributed by atoms with van der Waals surface area (Å²) in [5, 5.41) is 0. The van der Waals surface area contributed by atoms with E-state index in [-0.39, 0.29) is 0 Å². The molecule has 1 fully saturated rings. The first kappa shape index (κ1) is 10.0. The van der Waals surface area contributed by atoms with Gasteiger partial charge in [0.25, 0.3) is 0 Å². The summed E-state index contributed by atoms with van der Waals surface area (Å²) in [6, 6.07) is 0. The lowest BCUT2D eigenvalue weighted by molar-refractivity contribution is -0.956. The van der Waals surface area contributed by atoms with Gasteiger partial charge in [-0.3, -0.25) is 4.90 Å². The van der Waals surface area contributed by atoms with Gasteiger partial charge in [0.1, 0.15) is 0 Å². The van der Waals surface area contributed by atoms with Gasteiger partial charge >= 0.3 is 0 Å². The van der Waals surface area contributed by atoms with Crippen molar-refractivity contribution in [2.45, 2.75) is 26.3 Å². The lowest BCUT2D eigenvalue weighted by atomic mass is 10.0. The molecule has 0 aromatic heterocycles. The monoisotopic (exact) mass is 171 g/mol. The molecule has 1 heterocycles. The van der Waals surface area contributed by atoms with Gasteiger partial charge in [-0.05, 0) is 27.8 Å². The third kappa shape index (κ3) is 1.80. The molecule has 1 aliphatic heterocycles. The lowest BCUT2D eigenvalue weighted by Gasteiger charge is -2.49. The normalized spacial score (nSPS) is 25.8. The fraction of sp³-hybridized carbons (Fsp3) is 1.00. The van der Waals surface area contributed by atoms with Gasteiger partial charge in [0, 0.05) is 13.1 Å². The molecule has 0 amide bonds. The number of quaternary nitrogens is 1. The van der Waals surface area contributed by atoms with Crippen molar-refractivity contribution in [3.05, 3.63) is 0 Å². The standard InChI is InChI=1S/C10H23N2/c1-10(2,3)12(5)8-6-11(4)7-9-12/h6-9H2,1-5H3/q+1. The summed E-state index contributed by atoms with van der Waals surface area (Å²) < 4.78 is 1.22. The minimum absolute atomic E-state index is 0.404. The quantitative estimate of drug-likeness (QED) is 0.495. The van der Waals surface area contributed by atoms with E-state index >= 15 is 0 Å². The van der Waals surface area contributed by atoms with Crippen LogP contribution in [0.25, 0.3) is 0 Å². The van der Waals surface area contributed by atoms with Gasteiger partial charge in [-0.2, -0.15) is 0 Å². The predicted molar refractivity (Wildman–Crippen MR) is 53.2 cm³/mol. The second kappa shape index (κ2) is 3.00. The topological polar surface area (TPSA) is 3.24 Å². The molecule has 1 saturated heterocycles. The Morgan fingerprint density at radius 1 is 1.08 bits per heavy atom. The van der Waals surface area contributed by atoms with Gasteiger partial charge in [0.2, 0.25) is 0 Å². The molecular weight excluding hydrogens is 148 g/mol. The molecule has 0 unspecified atom stereocenters. The molecule has 0 N–H and O–H groups in total. The van der Waals surface area contributed by atoms with Gasteiger partial charge in [0.05, 0.1) is 25.7 Å². The molecule has 12 heavy (non-hydrogen) atoms. The zero-order valence-corrected chi connectivity index (χ0v) is 9.22. The molecular formula is C10H23N2+. The van der Waals surface area contributed by atoms with Gasteiger partial charge in [-0.25, -0.2) is 0 Å². The van der Waals surface area contributed by atoms with Crippen molar-refractivity contribution >= 4 is 0 Å². The minimum Gasteiger partial charge on any atom is -0.320 e. The highest BCUT2D eigenvalue weighted by Gasteiger charge is 2.37. The molecule has 2 nitrogen and oxygen atoms in total. The number of hydrogen-bond acceptors (Lipinski definition) is 1. The number of rotatable bonds is 0. The molecule has 0 atom stereocenters. The van der Waals surface area contributed by atoms with Crippen LogP contribution in [0.5, 0.6) is 0 Å².